The topological polar surface area (TPSA) is 90.6 Å². The van der Waals surface area contributed by atoms with Gasteiger partial charge in [0.15, 0.2) is 0 Å². The zero-order chi connectivity index (χ0) is 22.6. The lowest BCUT2D eigenvalue weighted by atomic mass is 10.0. The van der Waals surface area contributed by atoms with Crippen molar-refractivity contribution < 1.29 is 9.53 Å². The van der Waals surface area contributed by atoms with E-state index in [2.05, 4.69) is 43.3 Å². The van der Waals surface area contributed by atoms with Crippen LogP contribution < -0.4 is 20.5 Å². The second-order valence-electron chi connectivity index (χ2n) is 8.65. The standard InChI is InChI=1S/C25H29N5O3/c31-21-9-6-18-4-3-5-20(24(18)26-21)30-15-13-29(14-16-30)12-1-2-17-33-23-11-8-19-7-10-22(32)27-25(19)28-23/h3-5,7-8,10-11H,1-2,6,9,12-17H2,(H,26,31)(H,27,28,32). The Labute approximate surface area is 192 Å². The molecule has 2 N–H and O–H groups in total. The summed E-state index contributed by atoms with van der Waals surface area (Å²) in [5.41, 5.74) is 3.78. The van der Waals surface area contributed by atoms with E-state index >= 15 is 0 Å². The number of nitrogens with zero attached hydrogens (tertiary/aromatic N) is 3. The second kappa shape index (κ2) is 9.62. The van der Waals surface area contributed by atoms with E-state index in [4.69, 9.17) is 4.74 Å². The molecule has 0 atom stereocenters. The number of carbonyl (C=O) groups excluding carboxylic acids is 1. The number of anilines is 2. The zero-order valence-corrected chi connectivity index (χ0v) is 18.7. The average molecular weight is 448 g/mol. The summed E-state index contributed by atoms with van der Waals surface area (Å²) >= 11 is 0. The van der Waals surface area contributed by atoms with Crippen LogP contribution in [0.25, 0.3) is 11.0 Å². The van der Waals surface area contributed by atoms with E-state index in [0.29, 0.717) is 24.6 Å². The van der Waals surface area contributed by atoms with Crippen LogP contribution in [0.15, 0.2) is 47.3 Å². The third-order valence-electron chi connectivity index (χ3n) is 6.40. The number of para-hydroxylation sites is 1. The summed E-state index contributed by atoms with van der Waals surface area (Å²) in [6.45, 7) is 5.59. The Morgan fingerprint density at radius 1 is 0.939 bits per heavy atom. The van der Waals surface area contributed by atoms with E-state index in [0.717, 1.165) is 68.7 Å². The van der Waals surface area contributed by atoms with Crippen LogP contribution in [0.1, 0.15) is 24.8 Å². The molecule has 2 aliphatic rings. The molecule has 2 aliphatic heterocycles. The average Bonchev–Trinajstić information content (AvgIpc) is 2.83. The smallest absolute Gasteiger partial charge is 0.249 e. The van der Waals surface area contributed by atoms with E-state index < -0.39 is 0 Å². The molecule has 0 aliphatic carbocycles. The Bertz CT molecular complexity index is 1200. The Balaban J connectivity index is 1.06. The summed E-state index contributed by atoms with van der Waals surface area (Å²) in [5.74, 6) is 0.652. The normalized spacial score (nSPS) is 16.5. The number of benzene rings is 1. The van der Waals surface area contributed by atoms with Crippen molar-refractivity contribution in [2.45, 2.75) is 25.7 Å². The highest BCUT2D eigenvalue weighted by molar-refractivity contribution is 5.98. The van der Waals surface area contributed by atoms with Crippen molar-refractivity contribution in [2.75, 3.05) is 49.5 Å². The number of pyridine rings is 2. The molecule has 0 radical (unpaired) electrons. The molecular formula is C25H29N5O3. The Morgan fingerprint density at radius 2 is 1.79 bits per heavy atom. The number of aryl methyl sites for hydroxylation is 1. The Hall–Kier alpha value is -3.39. The van der Waals surface area contributed by atoms with Crippen LogP contribution in [0.3, 0.4) is 0 Å². The minimum atomic E-state index is -0.163. The Morgan fingerprint density at radius 3 is 2.67 bits per heavy atom. The van der Waals surface area contributed by atoms with Crippen molar-refractivity contribution in [1.82, 2.24) is 14.9 Å². The quantitative estimate of drug-likeness (QED) is 0.542. The molecule has 1 aromatic carbocycles. The SMILES string of the molecule is O=C1CCc2cccc(N3CCN(CCCCOc4ccc5ccc(=O)[nH]c5n4)CC3)c2N1. The molecule has 3 aromatic rings. The van der Waals surface area contributed by atoms with Gasteiger partial charge in [-0.15, -0.1) is 0 Å². The van der Waals surface area contributed by atoms with Crippen LogP contribution in [-0.4, -0.2) is 60.1 Å². The number of fused-ring (bicyclic) bond motifs is 2. The van der Waals surface area contributed by atoms with Gasteiger partial charge < -0.3 is 19.9 Å². The van der Waals surface area contributed by atoms with Crippen molar-refractivity contribution in [3.63, 3.8) is 0 Å². The first-order chi connectivity index (χ1) is 16.2. The van der Waals surface area contributed by atoms with E-state index in [1.165, 1.54) is 11.6 Å². The maximum atomic E-state index is 11.9. The number of amides is 1. The number of hydrogen-bond acceptors (Lipinski definition) is 6. The number of ether oxygens (including phenoxy) is 1. The first-order valence-electron chi connectivity index (χ1n) is 11.7. The number of hydrogen-bond donors (Lipinski definition) is 2. The van der Waals surface area contributed by atoms with Crippen LogP contribution in [0.2, 0.25) is 0 Å². The fraction of sp³-hybridized carbons (Fsp3) is 0.400. The van der Waals surface area contributed by atoms with Gasteiger partial charge in [-0.05, 0) is 49.6 Å². The van der Waals surface area contributed by atoms with Crippen LogP contribution in [0.4, 0.5) is 11.4 Å². The molecule has 1 fully saturated rings. The molecule has 0 saturated carbocycles. The number of carbonyl (C=O) groups is 1. The highest BCUT2D eigenvalue weighted by atomic mass is 16.5. The van der Waals surface area contributed by atoms with Crippen LogP contribution in [0.5, 0.6) is 5.88 Å². The van der Waals surface area contributed by atoms with Gasteiger partial charge in [0.25, 0.3) is 0 Å². The number of H-pyrrole nitrogens is 1. The van der Waals surface area contributed by atoms with Gasteiger partial charge in [-0.3, -0.25) is 14.5 Å². The minimum absolute atomic E-state index is 0.114. The molecular weight excluding hydrogens is 418 g/mol. The predicted molar refractivity (Wildman–Crippen MR) is 129 cm³/mol. The molecule has 1 amide bonds. The molecule has 0 unspecified atom stereocenters. The van der Waals surface area contributed by atoms with E-state index in [1.54, 1.807) is 6.07 Å². The summed E-state index contributed by atoms with van der Waals surface area (Å²) in [6, 6.07) is 13.3. The monoisotopic (exact) mass is 447 g/mol. The summed E-state index contributed by atoms with van der Waals surface area (Å²) in [7, 11) is 0. The van der Waals surface area contributed by atoms with Gasteiger partial charge in [-0.1, -0.05) is 12.1 Å². The highest BCUT2D eigenvalue weighted by Gasteiger charge is 2.23. The second-order valence-corrected chi connectivity index (χ2v) is 8.65. The molecule has 4 heterocycles. The molecule has 8 heteroatoms. The van der Waals surface area contributed by atoms with Crippen LogP contribution in [-0.2, 0) is 11.2 Å². The first-order valence-corrected chi connectivity index (χ1v) is 11.7. The van der Waals surface area contributed by atoms with Gasteiger partial charge in [-0.2, -0.15) is 4.98 Å². The Kier molecular flexibility index (Phi) is 6.26. The number of rotatable bonds is 7. The molecule has 172 valence electrons. The minimum Gasteiger partial charge on any atom is -0.478 e. The number of unbranched alkanes of at least 4 members (excludes halogenated alkanes) is 1. The van der Waals surface area contributed by atoms with Crippen molar-refractivity contribution in [2.24, 2.45) is 0 Å². The van der Waals surface area contributed by atoms with Crippen molar-refractivity contribution in [3.8, 4) is 5.88 Å². The summed E-state index contributed by atoms with van der Waals surface area (Å²) in [4.78, 5) is 35.3. The van der Waals surface area contributed by atoms with Gasteiger partial charge in [-0.25, -0.2) is 0 Å². The number of aromatic amines is 1. The largest absolute Gasteiger partial charge is 0.478 e. The summed E-state index contributed by atoms with van der Waals surface area (Å²) in [6.07, 6.45) is 3.40. The summed E-state index contributed by atoms with van der Waals surface area (Å²) in [5, 5.41) is 3.97. The molecule has 1 saturated heterocycles. The van der Waals surface area contributed by atoms with Crippen molar-refractivity contribution >= 4 is 28.3 Å². The third kappa shape index (κ3) is 5.01. The van der Waals surface area contributed by atoms with Crippen molar-refractivity contribution in [1.29, 1.82) is 0 Å². The van der Waals surface area contributed by atoms with E-state index in [1.807, 2.05) is 12.1 Å². The number of piperazine rings is 1. The maximum absolute atomic E-state index is 11.9. The van der Waals surface area contributed by atoms with Gasteiger partial charge in [0.05, 0.1) is 18.0 Å². The van der Waals surface area contributed by atoms with Crippen LogP contribution in [0, 0.1) is 0 Å². The zero-order valence-electron chi connectivity index (χ0n) is 18.7. The molecule has 0 spiro atoms. The van der Waals surface area contributed by atoms with Gasteiger partial charge >= 0.3 is 0 Å². The fourth-order valence-electron chi connectivity index (χ4n) is 4.57. The van der Waals surface area contributed by atoms with Crippen LogP contribution >= 0.6 is 0 Å². The van der Waals surface area contributed by atoms with E-state index in [-0.39, 0.29) is 11.5 Å². The van der Waals surface area contributed by atoms with Gasteiger partial charge in [0.1, 0.15) is 5.65 Å². The molecule has 8 nitrogen and oxygen atoms in total. The third-order valence-corrected chi connectivity index (χ3v) is 6.40. The van der Waals surface area contributed by atoms with Gasteiger partial charge in [0.2, 0.25) is 17.3 Å². The van der Waals surface area contributed by atoms with E-state index in [9.17, 15) is 9.59 Å². The van der Waals surface area contributed by atoms with Gasteiger partial charge in [0, 0.05) is 50.1 Å². The summed E-state index contributed by atoms with van der Waals surface area (Å²) < 4.78 is 5.79. The molecule has 33 heavy (non-hydrogen) atoms. The fourth-order valence-corrected chi connectivity index (χ4v) is 4.57. The lowest BCUT2D eigenvalue weighted by molar-refractivity contribution is -0.116. The number of nitrogens with one attached hydrogen (secondary N) is 2. The lowest BCUT2D eigenvalue weighted by Gasteiger charge is -2.37. The van der Waals surface area contributed by atoms with Crippen molar-refractivity contribution in [3.05, 3.63) is 58.4 Å². The predicted octanol–water partition coefficient (Wildman–Crippen LogP) is 2.79. The number of aromatic nitrogens is 2. The highest BCUT2D eigenvalue weighted by Crippen LogP contribution is 2.33. The first kappa shape index (κ1) is 21.5. The molecule has 2 aromatic heterocycles. The lowest BCUT2D eigenvalue weighted by Crippen LogP contribution is -2.47. The molecule has 0 bridgehead atoms. The maximum Gasteiger partial charge on any atom is 0.249 e. The molecule has 5 rings (SSSR count).